The zero-order valence-electron chi connectivity index (χ0n) is 44.2. The van der Waals surface area contributed by atoms with Gasteiger partial charge in [0, 0.05) is 19.4 Å². The van der Waals surface area contributed by atoms with Gasteiger partial charge < -0.3 is 14.2 Å². The third-order valence-corrected chi connectivity index (χ3v) is 12.6. The van der Waals surface area contributed by atoms with Crippen LogP contribution in [0.2, 0.25) is 0 Å². The van der Waals surface area contributed by atoms with Crippen LogP contribution in [0.4, 0.5) is 0 Å². The molecule has 384 valence electrons. The van der Waals surface area contributed by atoms with Crippen molar-refractivity contribution < 1.29 is 23.8 Å². The Morgan fingerprint density at radius 2 is 0.682 bits per heavy atom. The first kappa shape index (κ1) is 63.6. The summed E-state index contributed by atoms with van der Waals surface area (Å²) in [6.07, 6.45) is 72.4. The van der Waals surface area contributed by atoms with Gasteiger partial charge in [-0.15, -0.1) is 0 Å². The first-order valence-corrected chi connectivity index (χ1v) is 28.8. The second kappa shape index (κ2) is 56.9. The number of carbonyl (C=O) groups is 2. The molecule has 0 saturated heterocycles. The Balaban J connectivity index is 4.30. The van der Waals surface area contributed by atoms with Crippen LogP contribution in [0.25, 0.3) is 0 Å². The van der Waals surface area contributed by atoms with E-state index >= 15 is 0 Å². The molecule has 0 unspecified atom stereocenters. The molecular weight excluding hydrogens is 813 g/mol. The summed E-state index contributed by atoms with van der Waals surface area (Å²) in [6, 6.07) is 0. The van der Waals surface area contributed by atoms with Gasteiger partial charge >= 0.3 is 11.9 Å². The number of esters is 2. The van der Waals surface area contributed by atoms with Crippen LogP contribution in [-0.4, -0.2) is 37.9 Å². The molecule has 1 atom stereocenters. The Bertz CT molecular complexity index is 1130. The molecule has 66 heavy (non-hydrogen) atoms. The molecule has 0 aromatic heterocycles. The minimum atomic E-state index is -0.547. The lowest BCUT2D eigenvalue weighted by atomic mass is 10.0. The fraction of sp³-hybridized carbons (Fsp3) is 0.803. The average Bonchev–Trinajstić information content (AvgIpc) is 3.32. The highest BCUT2D eigenvalue weighted by atomic mass is 16.6. The van der Waals surface area contributed by atoms with Gasteiger partial charge in [-0.2, -0.15) is 0 Å². The second-order valence-corrected chi connectivity index (χ2v) is 19.2. The molecule has 0 rings (SSSR count). The van der Waals surface area contributed by atoms with E-state index in [0.717, 1.165) is 83.5 Å². The Kier molecular flexibility index (Phi) is 54.9. The van der Waals surface area contributed by atoms with Crippen molar-refractivity contribution in [3.63, 3.8) is 0 Å². The van der Waals surface area contributed by atoms with Gasteiger partial charge in [-0.3, -0.25) is 9.59 Å². The monoisotopic (exact) mass is 923 g/mol. The summed E-state index contributed by atoms with van der Waals surface area (Å²) in [5, 5.41) is 0. The summed E-state index contributed by atoms with van der Waals surface area (Å²) in [5.74, 6) is -0.419. The molecule has 0 amide bonds. The number of hydrogen-bond donors (Lipinski definition) is 0. The molecule has 0 fully saturated rings. The molecule has 0 aromatic carbocycles. The molecule has 0 radical (unpaired) electrons. The van der Waals surface area contributed by atoms with Crippen LogP contribution in [0, 0.1) is 0 Å². The minimum absolute atomic E-state index is 0.0719. The van der Waals surface area contributed by atoms with Crippen molar-refractivity contribution in [2.45, 2.75) is 297 Å². The molecule has 5 nitrogen and oxygen atoms in total. The van der Waals surface area contributed by atoms with Gasteiger partial charge in [-0.05, 0) is 64.2 Å². The normalized spacial score (nSPS) is 12.6. The zero-order chi connectivity index (χ0) is 47.7. The van der Waals surface area contributed by atoms with Gasteiger partial charge in [0.05, 0.1) is 6.61 Å². The fourth-order valence-electron chi connectivity index (χ4n) is 8.30. The van der Waals surface area contributed by atoms with Gasteiger partial charge in [-0.25, -0.2) is 0 Å². The smallest absolute Gasteiger partial charge is 0.306 e. The number of ether oxygens (including phenoxy) is 3. The van der Waals surface area contributed by atoms with Crippen molar-refractivity contribution >= 4 is 11.9 Å². The Hall–Kier alpha value is -2.40. The maximum absolute atomic E-state index is 12.9. The average molecular weight is 924 g/mol. The van der Waals surface area contributed by atoms with E-state index in [0.29, 0.717) is 19.4 Å². The molecule has 0 bridgehead atoms. The number of allylic oxidation sites excluding steroid dienone is 10. The number of hydrogen-bond acceptors (Lipinski definition) is 5. The molecule has 5 heteroatoms. The first-order chi connectivity index (χ1) is 32.6. The highest BCUT2D eigenvalue weighted by Gasteiger charge is 2.17. The van der Waals surface area contributed by atoms with Crippen LogP contribution in [0.15, 0.2) is 60.8 Å². The molecule has 0 aliphatic carbocycles. The second-order valence-electron chi connectivity index (χ2n) is 19.2. The first-order valence-electron chi connectivity index (χ1n) is 28.8. The van der Waals surface area contributed by atoms with Crippen LogP contribution in [0.5, 0.6) is 0 Å². The third-order valence-electron chi connectivity index (χ3n) is 12.6. The minimum Gasteiger partial charge on any atom is -0.462 e. The predicted octanol–water partition coefficient (Wildman–Crippen LogP) is 19.7. The van der Waals surface area contributed by atoms with Crippen molar-refractivity contribution in [1.82, 2.24) is 0 Å². The molecule has 0 aromatic rings. The summed E-state index contributed by atoms with van der Waals surface area (Å²) < 4.78 is 17.5. The van der Waals surface area contributed by atoms with E-state index in [-0.39, 0.29) is 25.2 Å². The molecule has 0 heterocycles. The van der Waals surface area contributed by atoms with Crippen LogP contribution in [-0.2, 0) is 23.8 Å². The molecule has 0 aliphatic rings. The van der Waals surface area contributed by atoms with Crippen molar-refractivity contribution in [3.8, 4) is 0 Å². The summed E-state index contributed by atoms with van der Waals surface area (Å²) >= 11 is 0. The van der Waals surface area contributed by atoms with Crippen molar-refractivity contribution in [2.24, 2.45) is 0 Å². The van der Waals surface area contributed by atoms with E-state index < -0.39 is 6.10 Å². The van der Waals surface area contributed by atoms with Gasteiger partial charge in [0.15, 0.2) is 6.10 Å². The topological polar surface area (TPSA) is 61.8 Å². The highest BCUT2D eigenvalue weighted by Crippen LogP contribution is 2.16. The largest absolute Gasteiger partial charge is 0.462 e. The van der Waals surface area contributed by atoms with Crippen LogP contribution < -0.4 is 0 Å². The number of rotatable bonds is 53. The summed E-state index contributed by atoms with van der Waals surface area (Å²) in [5.41, 5.74) is 0. The quantitative estimate of drug-likeness (QED) is 0.0346. The van der Waals surface area contributed by atoms with Gasteiger partial charge in [0.25, 0.3) is 0 Å². The maximum atomic E-state index is 12.9. The van der Waals surface area contributed by atoms with Crippen molar-refractivity contribution in [1.29, 1.82) is 0 Å². The van der Waals surface area contributed by atoms with Gasteiger partial charge in [-0.1, -0.05) is 274 Å². The van der Waals surface area contributed by atoms with E-state index in [1.807, 2.05) is 0 Å². The SMILES string of the molecule is CC/C=C\C/C=C\C/C=C\C/C=C\C/C=C\CCCCCC(=O)OC[C@@H](COCCCCCCCCCCCCCCCCCC)OC(=O)CCCCCCCCCCCCCCCCC. The molecule has 0 spiro atoms. The number of unbranched alkanes of at least 4 members (excludes halogenated alkanes) is 32. The molecule has 0 aliphatic heterocycles. The Morgan fingerprint density at radius 3 is 1.09 bits per heavy atom. The Labute approximate surface area is 411 Å². The van der Waals surface area contributed by atoms with E-state index in [9.17, 15) is 9.59 Å². The lowest BCUT2D eigenvalue weighted by Crippen LogP contribution is -2.30. The maximum Gasteiger partial charge on any atom is 0.306 e. The van der Waals surface area contributed by atoms with E-state index in [4.69, 9.17) is 14.2 Å². The summed E-state index contributed by atoms with van der Waals surface area (Å²) in [6.45, 7) is 7.73. The van der Waals surface area contributed by atoms with E-state index in [2.05, 4.69) is 81.5 Å². The molecule has 0 N–H and O–H groups in total. The van der Waals surface area contributed by atoms with Crippen LogP contribution in [0.1, 0.15) is 290 Å². The van der Waals surface area contributed by atoms with Gasteiger partial charge in [0.2, 0.25) is 0 Å². The highest BCUT2D eigenvalue weighted by molar-refractivity contribution is 5.70. The fourth-order valence-corrected chi connectivity index (χ4v) is 8.30. The lowest BCUT2D eigenvalue weighted by Gasteiger charge is -2.18. The number of carbonyl (C=O) groups excluding carboxylic acids is 2. The van der Waals surface area contributed by atoms with Crippen LogP contribution >= 0.6 is 0 Å². The standard InChI is InChI=1S/C61H110O5/c1-4-7-10-13-16-19-22-25-28-30-31-32-34-36-39-42-45-48-51-54-60(62)65-58-59(57-64-56-53-50-47-44-41-38-35-29-26-23-20-17-14-11-8-5-2)66-61(63)55-52-49-46-43-40-37-33-27-24-21-18-15-12-9-6-3/h7,10,16,19,25,28,31-32,36,39,59H,4-6,8-9,11-15,17-18,20-24,26-27,29-30,33-35,37-38,40-58H2,1-3H3/b10-7-,19-16-,28-25-,32-31-,39-36-/t59-/m1/s1. The predicted molar refractivity (Wildman–Crippen MR) is 288 cm³/mol. The van der Waals surface area contributed by atoms with Crippen molar-refractivity contribution in [3.05, 3.63) is 60.8 Å². The molecular formula is C61H110O5. The zero-order valence-corrected chi connectivity index (χ0v) is 44.2. The van der Waals surface area contributed by atoms with Gasteiger partial charge in [0.1, 0.15) is 6.61 Å². The lowest BCUT2D eigenvalue weighted by molar-refractivity contribution is -0.163. The van der Waals surface area contributed by atoms with E-state index in [1.54, 1.807) is 0 Å². The van der Waals surface area contributed by atoms with Crippen LogP contribution in [0.3, 0.4) is 0 Å². The third kappa shape index (κ3) is 54.2. The molecule has 0 saturated carbocycles. The Morgan fingerprint density at radius 1 is 0.348 bits per heavy atom. The van der Waals surface area contributed by atoms with E-state index in [1.165, 1.54) is 173 Å². The van der Waals surface area contributed by atoms with Crippen molar-refractivity contribution in [2.75, 3.05) is 19.8 Å². The summed E-state index contributed by atoms with van der Waals surface area (Å²) in [4.78, 5) is 25.5. The summed E-state index contributed by atoms with van der Waals surface area (Å²) in [7, 11) is 0.